The number of amides is 1. The van der Waals surface area contributed by atoms with Gasteiger partial charge in [-0.25, -0.2) is 4.39 Å². The van der Waals surface area contributed by atoms with Crippen molar-refractivity contribution >= 4 is 5.91 Å². The van der Waals surface area contributed by atoms with E-state index in [1.54, 1.807) is 6.92 Å². The zero-order valence-electron chi connectivity index (χ0n) is 15.6. The molecule has 1 unspecified atom stereocenters. The standard InChI is InChI=1S/C20H26FN3O2/c1-14(2)19-13-24(20(25)18-11-22-26-15(18)3)10-4-9-23(19)12-16-5-7-17(21)8-6-16/h5-8,11,14,19H,4,9-10,12-13H2,1-3H3. The fourth-order valence-corrected chi connectivity index (χ4v) is 3.57. The van der Waals surface area contributed by atoms with E-state index < -0.39 is 0 Å². The van der Waals surface area contributed by atoms with Gasteiger partial charge in [0.15, 0.2) is 0 Å². The van der Waals surface area contributed by atoms with E-state index in [9.17, 15) is 9.18 Å². The first-order valence-corrected chi connectivity index (χ1v) is 9.14. The molecule has 3 rings (SSSR count). The Kier molecular flexibility index (Phi) is 5.71. The summed E-state index contributed by atoms with van der Waals surface area (Å²) in [5.41, 5.74) is 1.63. The normalized spacial score (nSPS) is 19.0. The minimum atomic E-state index is -0.217. The van der Waals surface area contributed by atoms with Crippen molar-refractivity contribution in [2.75, 3.05) is 19.6 Å². The number of hydrogen-bond donors (Lipinski definition) is 0. The van der Waals surface area contributed by atoms with Gasteiger partial charge in [0, 0.05) is 32.2 Å². The van der Waals surface area contributed by atoms with E-state index in [-0.39, 0.29) is 17.8 Å². The second-order valence-corrected chi connectivity index (χ2v) is 7.31. The quantitative estimate of drug-likeness (QED) is 0.838. The zero-order chi connectivity index (χ0) is 18.7. The Morgan fingerprint density at radius 3 is 2.65 bits per heavy atom. The van der Waals surface area contributed by atoms with Crippen LogP contribution < -0.4 is 0 Å². The van der Waals surface area contributed by atoms with Crippen molar-refractivity contribution in [2.24, 2.45) is 5.92 Å². The largest absolute Gasteiger partial charge is 0.361 e. The Labute approximate surface area is 153 Å². The van der Waals surface area contributed by atoms with Gasteiger partial charge >= 0.3 is 0 Å². The van der Waals surface area contributed by atoms with E-state index in [0.717, 1.165) is 25.1 Å². The second-order valence-electron chi connectivity index (χ2n) is 7.31. The van der Waals surface area contributed by atoms with Crippen LogP contribution >= 0.6 is 0 Å². The average Bonchev–Trinajstić information content (AvgIpc) is 2.92. The van der Waals surface area contributed by atoms with Gasteiger partial charge in [-0.15, -0.1) is 0 Å². The number of aryl methyl sites for hydroxylation is 1. The van der Waals surface area contributed by atoms with Crippen molar-refractivity contribution in [1.29, 1.82) is 0 Å². The van der Waals surface area contributed by atoms with Gasteiger partial charge < -0.3 is 9.42 Å². The van der Waals surface area contributed by atoms with Crippen molar-refractivity contribution in [3.8, 4) is 0 Å². The molecule has 1 aromatic carbocycles. The predicted octanol–water partition coefficient (Wildman–Crippen LogP) is 3.49. The van der Waals surface area contributed by atoms with Crippen molar-refractivity contribution < 1.29 is 13.7 Å². The molecule has 140 valence electrons. The molecule has 1 aromatic heterocycles. The molecule has 0 aliphatic carbocycles. The van der Waals surface area contributed by atoms with Crippen LogP contribution in [0.5, 0.6) is 0 Å². The molecule has 2 aromatic rings. The number of carbonyl (C=O) groups excluding carboxylic acids is 1. The Bertz CT molecular complexity index is 742. The lowest BCUT2D eigenvalue weighted by molar-refractivity contribution is 0.0700. The number of nitrogens with zero attached hydrogens (tertiary/aromatic N) is 3. The first-order chi connectivity index (χ1) is 12.5. The summed E-state index contributed by atoms with van der Waals surface area (Å²) < 4.78 is 18.2. The van der Waals surface area contributed by atoms with E-state index in [2.05, 4.69) is 23.9 Å². The van der Waals surface area contributed by atoms with E-state index in [1.807, 2.05) is 17.0 Å². The van der Waals surface area contributed by atoms with E-state index >= 15 is 0 Å². The summed E-state index contributed by atoms with van der Waals surface area (Å²) in [5, 5.41) is 3.73. The second kappa shape index (κ2) is 7.99. The molecule has 0 radical (unpaired) electrons. The molecule has 1 fully saturated rings. The highest BCUT2D eigenvalue weighted by Gasteiger charge is 2.31. The lowest BCUT2D eigenvalue weighted by Gasteiger charge is -2.34. The zero-order valence-corrected chi connectivity index (χ0v) is 15.6. The first kappa shape index (κ1) is 18.6. The fraction of sp³-hybridized carbons (Fsp3) is 0.500. The molecule has 1 saturated heterocycles. The van der Waals surface area contributed by atoms with Gasteiger partial charge in [-0.1, -0.05) is 31.1 Å². The van der Waals surface area contributed by atoms with Gasteiger partial charge in [0.05, 0.1) is 6.20 Å². The summed E-state index contributed by atoms with van der Waals surface area (Å²) in [4.78, 5) is 17.2. The molecule has 0 bridgehead atoms. The summed E-state index contributed by atoms with van der Waals surface area (Å²) in [6.45, 7) is 9.18. The van der Waals surface area contributed by atoms with Crippen LogP contribution in [0.3, 0.4) is 0 Å². The number of carbonyl (C=O) groups is 1. The third-order valence-electron chi connectivity index (χ3n) is 5.09. The minimum absolute atomic E-state index is 0.0157. The minimum Gasteiger partial charge on any atom is -0.361 e. The van der Waals surface area contributed by atoms with Crippen molar-refractivity contribution in [3.05, 3.63) is 53.2 Å². The fourth-order valence-electron chi connectivity index (χ4n) is 3.57. The van der Waals surface area contributed by atoms with Crippen LogP contribution in [-0.4, -0.2) is 46.5 Å². The summed E-state index contributed by atoms with van der Waals surface area (Å²) >= 11 is 0. The molecule has 1 amide bonds. The molecule has 0 saturated carbocycles. The molecule has 2 heterocycles. The SMILES string of the molecule is Cc1oncc1C(=O)N1CCCN(Cc2ccc(F)cc2)C(C(C)C)C1. The first-order valence-electron chi connectivity index (χ1n) is 9.14. The van der Waals surface area contributed by atoms with Crippen LogP contribution in [0.1, 0.15) is 41.9 Å². The maximum Gasteiger partial charge on any atom is 0.259 e. The molecule has 1 aliphatic heterocycles. The van der Waals surface area contributed by atoms with Crippen molar-refractivity contribution in [3.63, 3.8) is 0 Å². The van der Waals surface area contributed by atoms with E-state index in [0.29, 0.717) is 30.3 Å². The number of benzene rings is 1. The van der Waals surface area contributed by atoms with E-state index in [4.69, 9.17) is 4.52 Å². The Morgan fingerprint density at radius 2 is 2.04 bits per heavy atom. The van der Waals surface area contributed by atoms with Gasteiger partial charge in [-0.2, -0.15) is 0 Å². The molecule has 1 aliphatic rings. The van der Waals surface area contributed by atoms with Crippen LogP contribution in [0.2, 0.25) is 0 Å². The van der Waals surface area contributed by atoms with Crippen LogP contribution in [-0.2, 0) is 6.54 Å². The number of rotatable bonds is 4. The molecular weight excluding hydrogens is 333 g/mol. The maximum absolute atomic E-state index is 13.2. The van der Waals surface area contributed by atoms with Crippen molar-refractivity contribution in [1.82, 2.24) is 15.0 Å². The monoisotopic (exact) mass is 359 g/mol. The van der Waals surface area contributed by atoms with Gasteiger partial charge in [-0.05, 0) is 37.0 Å². The van der Waals surface area contributed by atoms with Crippen LogP contribution in [0.15, 0.2) is 35.0 Å². The smallest absolute Gasteiger partial charge is 0.259 e. The highest BCUT2D eigenvalue weighted by Crippen LogP contribution is 2.22. The van der Waals surface area contributed by atoms with Crippen LogP contribution in [0, 0.1) is 18.7 Å². The summed E-state index contributed by atoms with van der Waals surface area (Å²) in [5.74, 6) is 0.722. The topological polar surface area (TPSA) is 49.6 Å². The van der Waals surface area contributed by atoms with Gasteiger partial charge in [0.2, 0.25) is 0 Å². The van der Waals surface area contributed by atoms with E-state index in [1.165, 1.54) is 18.3 Å². The van der Waals surface area contributed by atoms with Gasteiger partial charge in [-0.3, -0.25) is 9.69 Å². The molecular formula is C20H26FN3O2. The highest BCUT2D eigenvalue weighted by molar-refractivity contribution is 5.94. The predicted molar refractivity (Wildman–Crippen MR) is 97.2 cm³/mol. The summed E-state index contributed by atoms with van der Waals surface area (Å²) in [6.07, 6.45) is 2.41. The Morgan fingerprint density at radius 1 is 1.31 bits per heavy atom. The lowest BCUT2D eigenvalue weighted by atomic mass is 10.0. The van der Waals surface area contributed by atoms with Crippen LogP contribution in [0.25, 0.3) is 0 Å². The molecule has 0 N–H and O–H groups in total. The third-order valence-corrected chi connectivity index (χ3v) is 5.09. The van der Waals surface area contributed by atoms with Crippen LogP contribution in [0.4, 0.5) is 4.39 Å². The number of hydrogen-bond acceptors (Lipinski definition) is 4. The molecule has 26 heavy (non-hydrogen) atoms. The van der Waals surface area contributed by atoms with Gasteiger partial charge in [0.25, 0.3) is 5.91 Å². The average molecular weight is 359 g/mol. The number of halogens is 1. The molecule has 5 nitrogen and oxygen atoms in total. The summed E-state index contributed by atoms with van der Waals surface area (Å²) in [6, 6.07) is 6.92. The van der Waals surface area contributed by atoms with Gasteiger partial charge in [0.1, 0.15) is 17.1 Å². The maximum atomic E-state index is 13.2. The lowest BCUT2D eigenvalue weighted by Crippen LogP contribution is -2.45. The molecule has 0 spiro atoms. The highest BCUT2D eigenvalue weighted by atomic mass is 19.1. The third kappa shape index (κ3) is 4.12. The number of aromatic nitrogens is 1. The van der Waals surface area contributed by atoms with Crippen molar-refractivity contribution in [2.45, 2.75) is 39.8 Å². The Hall–Kier alpha value is -2.21. The molecule has 6 heteroatoms. The Balaban J connectivity index is 1.76. The summed E-state index contributed by atoms with van der Waals surface area (Å²) in [7, 11) is 0. The molecule has 1 atom stereocenters.